The van der Waals surface area contributed by atoms with E-state index in [1.54, 1.807) is 23.6 Å². The van der Waals surface area contributed by atoms with Crippen molar-refractivity contribution in [2.75, 3.05) is 6.54 Å². The smallest absolute Gasteiger partial charge is 0.126 e. The number of thiazole rings is 1. The number of nitrogens with one attached hydrogen (secondary N) is 1. The molecule has 0 aliphatic heterocycles. The van der Waals surface area contributed by atoms with E-state index in [2.05, 4.69) is 24.1 Å². The van der Waals surface area contributed by atoms with Crippen molar-refractivity contribution in [3.8, 4) is 0 Å². The zero-order valence-corrected chi connectivity index (χ0v) is 12.1. The molecule has 2 aromatic rings. The van der Waals surface area contributed by atoms with E-state index in [9.17, 15) is 4.39 Å². The molecule has 1 N–H and O–H groups in total. The lowest BCUT2D eigenvalue weighted by Gasteiger charge is -2.15. The molecule has 4 heteroatoms. The van der Waals surface area contributed by atoms with E-state index in [1.165, 1.54) is 0 Å². The molecule has 0 radical (unpaired) electrons. The predicted molar refractivity (Wildman–Crippen MR) is 78.0 cm³/mol. The molecule has 2 nitrogen and oxygen atoms in total. The second-order valence-electron chi connectivity index (χ2n) is 4.63. The van der Waals surface area contributed by atoms with Crippen LogP contribution in [0.15, 0.2) is 29.8 Å². The fourth-order valence-electron chi connectivity index (χ4n) is 1.98. The van der Waals surface area contributed by atoms with Crippen LogP contribution in [0.25, 0.3) is 0 Å². The monoisotopic (exact) mass is 278 g/mol. The second-order valence-corrected chi connectivity index (χ2v) is 5.61. The van der Waals surface area contributed by atoms with Crippen LogP contribution in [0.5, 0.6) is 0 Å². The van der Waals surface area contributed by atoms with Gasteiger partial charge in [-0.1, -0.05) is 19.1 Å². The van der Waals surface area contributed by atoms with Crippen LogP contribution in [0.1, 0.15) is 42.4 Å². The van der Waals surface area contributed by atoms with Gasteiger partial charge < -0.3 is 5.32 Å². The Labute approximate surface area is 117 Å². The fraction of sp³-hybridized carbons (Fsp3) is 0.400. The maximum absolute atomic E-state index is 13.8. The Kier molecular flexibility index (Phi) is 5.05. The van der Waals surface area contributed by atoms with Gasteiger partial charge in [-0.25, -0.2) is 9.37 Å². The highest BCUT2D eigenvalue weighted by molar-refractivity contribution is 7.09. The zero-order valence-electron chi connectivity index (χ0n) is 11.3. The first-order valence-electron chi connectivity index (χ1n) is 6.60. The molecule has 19 heavy (non-hydrogen) atoms. The minimum absolute atomic E-state index is 0.151. The molecule has 2 rings (SSSR count). The first-order chi connectivity index (χ1) is 9.20. The SMILES string of the molecule is CCCNC(C)c1ccc(F)c(Cc2nccs2)c1. The zero-order chi connectivity index (χ0) is 13.7. The third-order valence-electron chi connectivity index (χ3n) is 3.10. The summed E-state index contributed by atoms with van der Waals surface area (Å²) in [5.74, 6) is -0.151. The van der Waals surface area contributed by atoms with E-state index in [0.29, 0.717) is 6.42 Å². The predicted octanol–water partition coefficient (Wildman–Crippen LogP) is 3.93. The first kappa shape index (κ1) is 14.2. The van der Waals surface area contributed by atoms with Gasteiger partial charge in [0.05, 0.1) is 5.01 Å². The van der Waals surface area contributed by atoms with Gasteiger partial charge in [-0.15, -0.1) is 11.3 Å². The average Bonchev–Trinajstić information content (AvgIpc) is 2.91. The standard InChI is InChI=1S/C15H19FN2S/c1-3-6-17-11(2)12-4-5-14(16)13(9-12)10-15-18-7-8-19-15/h4-5,7-9,11,17H,3,6,10H2,1-2H3. The molecule has 102 valence electrons. The summed E-state index contributed by atoms with van der Waals surface area (Å²) in [6.45, 7) is 5.22. The Hall–Kier alpha value is -1.26. The second kappa shape index (κ2) is 6.78. The topological polar surface area (TPSA) is 24.9 Å². The van der Waals surface area contributed by atoms with Gasteiger partial charge in [-0.2, -0.15) is 0 Å². The number of benzene rings is 1. The molecule has 0 amide bonds. The minimum atomic E-state index is -0.151. The third-order valence-corrected chi connectivity index (χ3v) is 3.88. The molecule has 0 saturated heterocycles. The molecule has 1 aromatic heterocycles. The summed E-state index contributed by atoms with van der Waals surface area (Å²) in [5.41, 5.74) is 1.85. The number of hydrogen-bond acceptors (Lipinski definition) is 3. The van der Waals surface area contributed by atoms with Crippen molar-refractivity contribution in [1.29, 1.82) is 0 Å². The van der Waals surface area contributed by atoms with Crippen molar-refractivity contribution < 1.29 is 4.39 Å². The number of hydrogen-bond donors (Lipinski definition) is 1. The summed E-state index contributed by atoms with van der Waals surface area (Å²) < 4.78 is 13.8. The lowest BCUT2D eigenvalue weighted by atomic mass is 10.0. The molecule has 1 aromatic carbocycles. The molecular formula is C15H19FN2S. The maximum atomic E-state index is 13.8. The number of halogens is 1. The van der Waals surface area contributed by atoms with Gasteiger partial charge in [0.15, 0.2) is 0 Å². The van der Waals surface area contributed by atoms with E-state index < -0.39 is 0 Å². The third kappa shape index (κ3) is 3.85. The van der Waals surface area contributed by atoms with E-state index in [1.807, 2.05) is 17.5 Å². The van der Waals surface area contributed by atoms with Gasteiger partial charge in [0, 0.05) is 24.0 Å². The molecule has 0 saturated carbocycles. The van der Waals surface area contributed by atoms with Gasteiger partial charge in [-0.05, 0) is 37.1 Å². The van der Waals surface area contributed by atoms with Crippen molar-refractivity contribution >= 4 is 11.3 Å². The Morgan fingerprint density at radius 2 is 2.26 bits per heavy atom. The average molecular weight is 278 g/mol. The van der Waals surface area contributed by atoms with Crippen LogP contribution in [0.3, 0.4) is 0 Å². The summed E-state index contributed by atoms with van der Waals surface area (Å²) in [6.07, 6.45) is 3.42. The van der Waals surface area contributed by atoms with Gasteiger partial charge in [0.2, 0.25) is 0 Å². The van der Waals surface area contributed by atoms with E-state index in [0.717, 1.165) is 29.1 Å². The van der Waals surface area contributed by atoms with Gasteiger partial charge in [0.25, 0.3) is 0 Å². The molecule has 1 heterocycles. The van der Waals surface area contributed by atoms with Crippen LogP contribution >= 0.6 is 11.3 Å². The molecule has 1 atom stereocenters. The Morgan fingerprint density at radius 3 is 2.95 bits per heavy atom. The summed E-state index contributed by atoms with van der Waals surface area (Å²) >= 11 is 1.56. The highest BCUT2D eigenvalue weighted by Gasteiger charge is 2.10. The molecule has 0 spiro atoms. The Morgan fingerprint density at radius 1 is 1.42 bits per heavy atom. The van der Waals surface area contributed by atoms with Crippen molar-refractivity contribution in [2.45, 2.75) is 32.7 Å². The summed E-state index contributed by atoms with van der Waals surface area (Å²) in [4.78, 5) is 4.21. The lowest BCUT2D eigenvalue weighted by Crippen LogP contribution is -2.19. The van der Waals surface area contributed by atoms with Crippen molar-refractivity contribution in [2.24, 2.45) is 0 Å². The quantitative estimate of drug-likeness (QED) is 0.866. The van der Waals surface area contributed by atoms with Crippen LogP contribution in [-0.2, 0) is 6.42 Å². The van der Waals surface area contributed by atoms with Gasteiger partial charge in [-0.3, -0.25) is 0 Å². The van der Waals surface area contributed by atoms with Crippen molar-refractivity contribution in [1.82, 2.24) is 10.3 Å². The summed E-state index contributed by atoms with van der Waals surface area (Å²) in [6, 6.07) is 5.61. The highest BCUT2D eigenvalue weighted by Crippen LogP contribution is 2.20. The van der Waals surface area contributed by atoms with Crippen molar-refractivity contribution in [3.05, 3.63) is 51.7 Å². The van der Waals surface area contributed by atoms with Crippen LogP contribution < -0.4 is 5.32 Å². The Balaban J connectivity index is 2.14. The largest absolute Gasteiger partial charge is 0.310 e. The van der Waals surface area contributed by atoms with Crippen LogP contribution in [-0.4, -0.2) is 11.5 Å². The summed E-state index contributed by atoms with van der Waals surface area (Å²) in [5, 5.41) is 6.29. The van der Waals surface area contributed by atoms with Crippen molar-refractivity contribution in [3.63, 3.8) is 0 Å². The van der Waals surface area contributed by atoms with E-state index in [4.69, 9.17) is 0 Å². The molecule has 0 fully saturated rings. The molecule has 0 aliphatic rings. The van der Waals surface area contributed by atoms with Crippen LogP contribution in [0, 0.1) is 5.82 Å². The number of nitrogens with zero attached hydrogens (tertiary/aromatic N) is 1. The molecular weight excluding hydrogens is 259 g/mol. The van der Waals surface area contributed by atoms with E-state index >= 15 is 0 Å². The first-order valence-corrected chi connectivity index (χ1v) is 7.48. The van der Waals surface area contributed by atoms with Crippen LogP contribution in [0.2, 0.25) is 0 Å². The lowest BCUT2D eigenvalue weighted by molar-refractivity contribution is 0.565. The molecule has 0 bridgehead atoms. The van der Waals surface area contributed by atoms with Gasteiger partial charge in [0.1, 0.15) is 5.82 Å². The Bertz CT molecular complexity index is 511. The fourth-order valence-corrected chi connectivity index (χ4v) is 2.62. The normalized spacial score (nSPS) is 12.6. The van der Waals surface area contributed by atoms with Gasteiger partial charge >= 0.3 is 0 Å². The molecule has 1 unspecified atom stereocenters. The minimum Gasteiger partial charge on any atom is -0.310 e. The highest BCUT2D eigenvalue weighted by atomic mass is 32.1. The number of rotatable bonds is 6. The molecule has 0 aliphatic carbocycles. The van der Waals surface area contributed by atoms with Crippen LogP contribution in [0.4, 0.5) is 4.39 Å². The number of aromatic nitrogens is 1. The maximum Gasteiger partial charge on any atom is 0.126 e. The van der Waals surface area contributed by atoms with E-state index in [-0.39, 0.29) is 11.9 Å². The summed E-state index contributed by atoms with van der Waals surface area (Å²) in [7, 11) is 0.